The SMILES string of the molecule is CC(OC(=O)c1ccc(C(C)C)cc1)C(=O)NC(N)=O. The minimum absolute atomic E-state index is 0.341. The fraction of sp³-hybridized carbons (Fsp3) is 0.357. The fourth-order valence-electron chi connectivity index (χ4n) is 1.51. The molecule has 0 radical (unpaired) electrons. The second kappa shape index (κ2) is 6.70. The number of imide groups is 1. The topological polar surface area (TPSA) is 98.5 Å². The van der Waals surface area contributed by atoms with Gasteiger partial charge in [-0.1, -0.05) is 26.0 Å². The van der Waals surface area contributed by atoms with E-state index in [-0.39, 0.29) is 0 Å². The number of hydrogen-bond acceptors (Lipinski definition) is 4. The van der Waals surface area contributed by atoms with Gasteiger partial charge in [0.15, 0.2) is 6.10 Å². The Bertz CT molecular complexity index is 508. The van der Waals surface area contributed by atoms with Gasteiger partial charge in [0.05, 0.1) is 5.56 Å². The van der Waals surface area contributed by atoms with Crippen molar-refractivity contribution in [2.75, 3.05) is 0 Å². The van der Waals surface area contributed by atoms with Gasteiger partial charge in [0.2, 0.25) is 0 Å². The van der Waals surface area contributed by atoms with Crippen LogP contribution < -0.4 is 11.1 Å². The fourth-order valence-corrected chi connectivity index (χ4v) is 1.51. The maximum atomic E-state index is 11.8. The van der Waals surface area contributed by atoms with E-state index in [2.05, 4.69) is 0 Å². The highest BCUT2D eigenvalue weighted by Crippen LogP contribution is 2.15. The number of hydrogen-bond donors (Lipinski definition) is 2. The molecule has 6 nitrogen and oxygen atoms in total. The third kappa shape index (κ3) is 4.38. The number of esters is 1. The second-order valence-electron chi connectivity index (χ2n) is 4.68. The molecule has 3 amide bonds. The number of nitrogens with two attached hydrogens (primary N) is 1. The largest absolute Gasteiger partial charge is 0.449 e. The van der Waals surface area contributed by atoms with Crippen LogP contribution in [0.1, 0.15) is 42.6 Å². The second-order valence-corrected chi connectivity index (χ2v) is 4.68. The summed E-state index contributed by atoms with van der Waals surface area (Å²) in [7, 11) is 0. The Balaban J connectivity index is 2.66. The Morgan fingerprint density at radius 2 is 1.65 bits per heavy atom. The molecule has 0 bridgehead atoms. The van der Waals surface area contributed by atoms with Crippen LogP contribution in [0.15, 0.2) is 24.3 Å². The number of urea groups is 1. The molecule has 1 atom stereocenters. The third-order valence-corrected chi connectivity index (χ3v) is 2.71. The van der Waals surface area contributed by atoms with Crippen molar-refractivity contribution in [1.82, 2.24) is 5.32 Å². The first kappa shape index (κ1) is 15.7. The average molecular weight is 278 g/mol. The molecule has 0 aliphatic rings. The molecule has 0 fully saturated rings. The zero-order valence-electron chi connectivity index (χ0n) is 11.7. The molecule has 108 valence electrons. The van der Waals surface area contributed by atoms with Crippen molar-refractivity contribution in [3.63, 3.8) is 0 Å². The van der Waals surface area contributed by atoms with Crippen LogP contribution in [0.5, 0.6) is 0 Å². The quantitative estimate of drug-likeness (QED) is 0.816. The molecule has 1 aromatic rings. The lowest BCUT2D eigenvalue weighted by Crippen LogP contribution is -2.42. The van der Waals surface area contributed by atoms with E-state index in [1.54, 1.807) is 12.1 Å². The standard InChI is InChI=1S/C14H18N2O4/c1-8(2)10-4-6-11(7-5-10)13(18)20-9(3)12(17)16-14(15)19/h4-9H,1-3H3,(H3,15,16,17,19). The molecular formula is C14H18N2O4. The normalized spacial score (nSPS) is 11.8. The molecule has 1 aromatic carbocycles. The lowest BCUT2D eigenvalue weighted by atomic mass is 10.0. The van der Waals surface area contributed by atoms with Crippen LogP contribution in [0.25, 0.3) is 0 Å². The maximum absolute atomic E-state index is 11.8. The van der Waals surface area contributed by atoms with Gasteiger partial charge in [-0.2, -0.15) is 0 Å². The van der Waals surface area contributed by atoms with Gasteiger partial charge in [0.25, 0.3) is 5.91 Å². The van der Waals surface area contributed by atoms with E-state index >= 15 is 0 Å². The van der Waals surface area contributed by atoms with Crippen molar-refractivity contribution in [3.8, 4) is 0 Å². The summed E-state index contributed by atoms with van der Waals surface area (Å²) >= 11 is 0. The summed E-state index contributed by atoms with van der Waals surface area (Å²) in [6.07, 6.45) is -1.10. The maximum Gasteiger partial charge on any atom is 0.338 e. The number of rotatable bonds is 4. The first-order valence-electron chi connectivity index (χ1n) is 6.22. The van der Waals surface area contributed by atoms with Gasteiger partial charge in [0.1, 0.15) is 0 Å². The smallest absolute Gasteiger partial charge is 0.338 e. The highest BCUT2D eigenvalue weighted by molar-refractivity contribution is 5.98. The summed E-state index contributed by atoms with van der Waals surface area (Å²) in [5.74, 6) is -1.03. The molecule has 20 heavy (non-hydrogen) atoms. The molecular weight excluding hydrogens is 260 g/mol. The van der Waals surface area contributed by atoms with Gasteiger partial charge in [-0.05, 0) is 30.5 Å². The highest BCUT2D eigenvalue weighted by atomic mass is 16.5. The summed E-state index contributed by atoms with van der Waals surface area (Å²) in [4.78, 5) is 33.7. The number of primary amides is 1. The monoisotopic (exact) mass is 278 g/mol. The highest BCUT2D eigenvalue weighted by Gasteiger charge is 2.19. The van der Waals surface area contributed by atoms with Crippen LogP contribution in [0.2, 0.25) is 0 Å². The summed E-state index contributed by atoms with van der Waals surface area (Å²) in [6.45, 7) is 5.45. The molecule has 0 heterocycles. The van der Waals surface area contributed by atoms with Gasteiger partial charge in [-0.3, -0.25) is 10.1 Å². The molecule has 1 rings (SSSR count). The summed E-state index contributed by atoms with van der Waals surface area (Å²) in [5, 5.41) is 1.85. The number of nitrogens with one attached hydrogen (secondary N) is 1. The summed E-state index contributed by atoms with van der Waals surface area (Å²) < 4.78 is 4.94. The Kier molecular flexibility index (Phi) is 5.25. The van der Waals surface area contributed by atoms with E-state index < -0.39 is 24.0 Å². The number of ether oxygens (including phenoxy) is 1. The molecule has 0 spiro atoms. The Labute approximate surface area is 117 Å². The lowest BCUT2D eigenvalue weighted by Gasteiger charge is -2.12. The average Bonchev–Trinajstić information content (AvgIpc) is 2.37. The Morgan fingerprint density at radius 3 is 2.10 bits per heavy atom. The van der Waals surface area contributed by atoms with E-state index in [4.69, 9.17) is 10.5 Å². The van der Waals surface area contributed by atoms with Gasteiger partial charge in [-0.15, -0.1) is 0 Å². The Hall–Kier alpha value is -2.37. The third-order valence-electron chi connectivity index (χ3n) is 2.71. The van der Waals surface area contributed by atoms with Gasteiger partial charge in [-0.25, -0.2) is 9.59 Å². The lowest BCUT2D eigenvalue weighted by molar-refractivity contribution is -0.127. The van der Waals surface area contributed by atoms with E-state index in [0.717, 1.165) is 5.56 Å². The molecule has 0 aromatic heterocycles. The van der Waals surface area contributed by atoms with Crippen molar-refractivity contribution in [2.24, 2.45) is 5.73 Å². The number of amides is 3. The van der Waals surface area contributed by atoms with E-state index in [1.807, 2.05) is 31.3 Å². The first-order chi connectivity index (χ1) is 9.31. The van der Waals surface area contributed by atoms with Gasteiger partial charge in [0, 0.05) is 0 Å². The summed E-state index contributed by atoms with van der Waals surface area (Å²) in [6, 6.07) is 5.94. The van der Waals surface area contributed by atoms with Crippen LogP contribution >= 0.6 is 0 Å². The number of benzene rings is 1. The van der Waals surface area contributed by atoms with E-state index in [0.29, 0.717) is 11.5 Å². The van der Waals surface area contributed by atoms with Crippen molar-refractivity contribution in [3.05, 3.63) is 35.4 Å². The van der Waals surface area contributed by atoms with E-state index in [1.165, 1.54) is 6.92 Å². The van der Waals surface area contributed by atoms with Crippen LogP contribution in [0.3, 0.4) is 0 Å². The Morgan fingerprint density at radius 1 is 1.10 bits per heavy atom. The van der Waals surface area contributed by atoms with Crippen molar-refractivity contribution in [2.45, 2.75) is 32.8 Å². The molecule has 1 unspecified atom stereocenters. The predicted octanol–water partition coefficient (Wildman–Crippen LogP) is 1.55. The predicted molar refractivity (Wildman–Crippen MR) is 73.1 cm³/mol. The number of carbonyl (C=O) groups is 3. The van der Waals surface area contributed by atoms with Crippen LogP contribution in [0.4, 0.5) is 4.79 Å². The van der Waals surface area contributed by atoms with Gasteiger partial charge < -0.3 is 10.5 Å². The van der Waals surface area contributed by atoms with Crippen LogP contribution in [-0.4, -0.2) is 24.0 Å². The first-order valence-corrected chi connectivity index (χ1v) is 6.22. The molecule has 0 aliphatic carbocycles. The van der Waals surface area contributed by atoms with Crippen molar-refractivity contribution in [1.29, 1.82) is 0 Å². The molecule has 0 saturated heterocycles. The minimum Gasteiger partial charge on any atom is -0.449 e. The van der Waals surface area contributed by atoms with Crippen molar-refractivity contribution < 1.29 is 19.1 Å². The number of carbonyl (C=O) groups excluding carboxylic acids is 3. The minimum atomic E-state index is -1.10. The molecule has 0 saturated carbocycles. The van der Waals surface area contributed by atoms with Crippen LogP contribution in [0, 0.1) is 0 Å². The van der Waals surface area contributed by atoms with Crippen molar-refractivity contribution >= 4 is 17.9 Å². The molecule has 0 aliphatic heterocycles. The molecule has 6 heteroatoms. The van der Waals surface area contributed by atoms with Gasteiger partial charge >= 0.3 is 12.0 Å². The zero-order chi connectivity index (χ0) is 15.3. The van der Waals surface area contributed by atoms with E-state index in [9.17, 15) is 14.4 Å². The van der Waals surface area contributed by atoms with Crippen LogP contribution in [-0.2, 0) is 9.53 Å². The summed E-state index contributed by atoms with van der Waals surface area (Å²) in [5.41, 5.74) is 6.25. The molecule has 3 N–H and O–H groups in total. The zero-order valence-corrected chi connectivity index (χ0v) is 11.7.